The van der Waals surface area contributed by atoms with Crippen LogP contribution in [0.1, 0.15) is 23.1 Å². The summed E-state index contributed by atoms with van der Waals surface area (Å²) in [6, 6.07) is 2.68. The van der Waals surface area contributed by atoms with Crippen LogP contribution >= 0.6 is 0 Å². The van der Waals surface area contributed by atoms with Crippen molar-refractivity contribution in [3.8, 4) is 0 Å². The first-order chi connectivity index (χ1) is 9.33. The first kappa shape index (κ1) is 14.1. The monoisotopic (exact) mass is 298 g/mol. The number of carbonyl (C=O) groups is 1. The number of nitrogens with zero attached hydrogens (tertiary/aromatic N) is 2. The van der Waals surface area contributed by atoms with Gasteiger partial charge in [-0.15, -0.1) is 0 Å². The molecule has 0 aliphatic carbocycles. The fourth-order valence-electron chi connectivity index (χ4n) is 1.69. The molecule has 8 nitrogen and oxygen atoms in total. The maximum absolute atomic E-state index is 12.1. The second-order valence-electron chi connectivity index (χ2n) is 4.21. The molecule has 0 amide bonds. The molecule has 3 N–H and O–H groups in total. The Morgan fingerprint density at radius 2 is 2.20 bits per heavy atom. The number of aromatic carboxylic acids is 1. The van der Waals surface area contributed by atoms with Crippen LogP contribution in [0.4, 0.5) is 5.82 Å². The van der Waals surface area contributed by atoms with Crippen molar-refractivity contribution in [3.63, 3.8) is 0 Å². The van der Waals surface area contributed by atoms with Crippen molar-refractivity contribution in [2.24, 2.45) is 7.05 Å². The largest absolute Gasteiger partial charge is 0.477 e. The topological polar surface area (TPSA) is 117 Å². The van der Waals surface area contributed by atoms with Crippen LogP contribution in [0.15, 0.2) is 23.2 Å². The lowest BCUT2D eigenvalue weighted by atomic mass is 10.3. The Kier molecular flexibility index (Phi) is 3.53. The molecule has 0 aliphatic heterocycles. The number of sulfonamides is 1. The van der Waals surface area contributed by atoms with Gasteiger partial charge in [-0.3, -0.25) is 9.82 Å². The maximum atomic E-state index is 12.1. The Morgan fingerprint density at radius 3 is 2.70 bits per heavy atom. The molecule has 0 atom stereocenters. The van der Waals surface area contributed by atoms with Crippen molar-refractivity contribution in [2.45, 2.75) is 18.2 Å². The lowest BCUT2D eigenvalue weighted by molar-refractivity contribution is 0.0686. The summed E-state index contributed by atoms with van der Waals surface area (Å²) < 4.78 is 27.8. The van der Waals surface area contributed by atoms with Crippen molar-refractivity contribution in [2.75, 3.05) is 4.72 Å². The Morgan fingerprint density at radius 1 is 1.50 bits per heavy atom. The zero-order valence-electron chi connectivity index (χ0n) is 10.9. The Bertz CT molecular complexity index is 744. The summed E-state index contributed by atoms with van der Waals surface area (Å²) in [4.78, 5) is 10.8. The molecule has 0 radical (unpaired) electrons. The molecule has 2 aromatic rings. The zero-order chi connectivity index (χ0) is 14.9. The van der Waals surface area contributed by atoms with Crippen LogP contribution in [0.2, 0.25) is 0 Å². The van der Waals surface area contributed by atoms with Crippen LogP contribution in [-0.4, -0.2) is 34.3 Å². The number of hydrogen-bond donors (Lipinski definition) is 3. The van der Waals surface area contributed by atoms with E-state index in [1.165, 1.54) is 17.8 Å². The van der Waals surface area contributed by atoms with Crippen LogP contribution in [0.3, 0.4) is 0 Å². The van der Waals surface area contributed by atoms with E-state index in [0.29, 0.717) is 6.42 Å². The molecule has 0 bridgehead atoms. The van der Waals surface area contributed by atoms with Crippen LogP contribution in [-0.2, 0) is 23.5 Å². The van der Waals surface area contributed by atoms with E-state index >= 15 is 0 Å². The number of anilines is 1. The number of aromatic amines is 1. The third-order valence-electron chi connectivity index (χ3n) is 2.76. The maximum Gasteiger partial charge on any atom is 0.352 e. The summed E-state index contributed by atoms with van der Waals surface area (Å²) in [7, 11) is -2.40. The molecule has 108 valence electrons. The molecule has 2 heterocycles. The number of rotatable bonds is 5. The van der Waals surface area contributed by atoms with Gasteiger partial charge in [-0.1, -0.05) is 6.92 Å². The van der Waals surface area contributed by atoms with Crippen LogP contribution in [0, 0.1) is 0 Å². The molecular formula is C11H14N4O4S. The predicted octanol–water partition coefficient (Wildman–Crippen LogP) is 0.810. The Balaban J connectivity index is 2.30. The summed E-state index contributed by atoms with van der Waals surface area (Å²) in [5.41, 5.74) is 0.684. The number of nitrogens with one attached hydrogen (secondary N) is 2. The first-order valence-electron chi connectivity index (χ1n) is 5.80. The number of aryl methyl sites for hydroxylation is 2. The highest BCUT2D eigenvalue weighted by Gasteiger charge is 2.21. The summed E-state index contributed by atoms with van der Waals surface area (Å²) in [6.45, 7) is 1.90. The van der Waals surface area contributed by atoms with Crippen LogP contribution in [0.25, 0.3) is 0 Å². The highest BCUT2D eigenvalue weighted by molar-refractivity contribution is 7.92. The quantitative estimate of drug-likeness (QED) is 0.755. The molecule has 0 aliphatic rings. The third-order valence-corrected chi connectivity index (χ3v) is 4.08. The van der Waals surface area contributed by atoms with E-state index in [0.717, 1.165) is 11.8 Å². The van der Waals surface area contributed by atoms with Gasteiger partial charge < -0.3 is 9.67 Å². The van der Waals surface area contributed by atoms with Gasteiger partial charge in [0.2, 0.25) is 0 Å². The van der Waals surface area contributed by atoms with Gasteiger partial charge in [-0.05, 0) is 12.5 Å². The van der Waals surface area contributed by atoms with Gasteiger partial charge in [0.1, 0.15) is 10.6 Å². The first-order valence-corrected chi connectivity index (χ1v) is 7.28. The lowest BCUT2D eigenvalue weighted by Gasteiger charge is -2.01. The van der Waals surface area contributed by atoms with Crippen molar-refractivity contribution < 1.29 is 18.3 Å². The summed E-state index contributed by atoms with van der Waals surface area (Å²) in [6.07, 6.45) is 1.93. The van der Waals surface area contributed by atoms with Crippen LogP contribution in [0.5, 0.6) is 0 Å². The average Bonchev–Trinajstić information content (AvgIpc) is 2.95. The molecular weight excluding hydrogens is 284 g/mol. The van der Waals surface area contributed by atoms with Gasteiger partial charge in [0.25, 0.3) is 10.0 Å². The normalized spacial score (nSPS) is 11.5. The molecule has 20 heavy (non-hydrogen) atoms. The van der Waals surface area contributed by atoms with Crippen LogP contribution < -0.4 is 4.72 Å². The molecule has 9 heteroatoms. The van der Waals surface area contributed by atoms with E-state index in [1.54, 1.807) is 6.07 Å². The SMILES string of the molecule is CCc1cc(NS(=O)(=O)c2cc(C(=O)O)n(C)c2)n[nH]1. The Hall–Kier alpha value is -2.29. The summed E-state index contributed by atoms with van der Waals surface area (Å²) >= 11 is 0. The highest BCUT2D eigenvalue weighted by atomic mass is 32.2. The van der Waals surface area contributed by atoms with E-state index in [4.69, 9.17) is 5.11 Å². The molecule has 0 unspecified atom stereocenters. The summed E-state index contributed by atoms with van der Waals surface area (Å²) in [5, 5.41) is 15.4. The third kappa shape index (κ3) is 2.67. The molecule has 0 saturated carbocycles. The minimum atomic E-state index is -3.86. The van der Waals surface area contributed by atoms with Gasteiger partial charge in [-0.25, -0.2) is 13.2 Å². The van der Waals surface area contributed by atoms with E-state index in [1.807, 2.05) is 6.92 Å². The molecule has 0 saturated heterocycles. The molecule has 0 spiro atoms. The van der Waals surface area contributed by atoms with Crippen molar-refractivity contribution in [3.05, 3.63) is 29.7 Å². The zero-order valence-corrected chi connectivity index (χ0v) is 11.7. The summed E-state index contributed by atoms with van der Waals surface area (Å²) in [5.74, 6) is -1.02. The van der Waals surface area contributed by atoms with E-state index in [2.05, 4.69) is 14.9 Å². The minimum absolute atomic E-state index is 0.110. The highest BCUT2D eigenvalue weighted by Crippen LogP contribution is 2.17. The smallest absolute Gasteiger partial charge is 0.352 e. The number of carboxylic acid groups (broad SMARTS) is 1. The molecule has 2 aromatic heterocycles. The average molecular weight is 298 g/mol. The van der Waals surface area contributed by atoms with Gasteiger partial charge in [0.05, 0.1) is 0 Å². The fraction of sp³-hybridized carbons (Fsp3) is 0.273. The second-order valence-corrected chi connectivity index (χ2v) is 5.90. The van der Waals surface area contributed by atoms with E-state index in [-0.39, 0.29) is 16.4 Å². The van der Waals surface area contributed by atoms with Crippen molar-refractivity contribution in [1.82, 2.24) is 14.8 Å². The predicted molar refractivity (Wildman–Crippen MR) is 71.1 cm³/mol. The number of hydrogen-bond acceptors (Lipinski definition) is 4. The fourth-order valence-corrected chi connectivity index (χ4v) is 2.75. The standard InChI is InChI=1S/C11H14N4O4S/c1-3-7-4-10(13-12-7)14-20(18,19)8-5-9(11(16)17)15(2)6-8/h4-6H,3H2,1-2H3,(H,16,17)(H2,12,13,14). The molecule has 2 rings (SSSR count). The van der Waals surface area contributed by atoms with Gasteiger partial charge in [0.15, 0.2) is 5.82 Å². The van der Waals surface area contributed by atoms with Gasteiger partial charge in [-0.2, -0.15) is 5.10 Å². The minimum Gasteiger partial charge on any atom is -0.477 e. The number of H-pyrrole nitrogens is 1. The van der Waals surface area contributed by atoms with E-state index in [9.17, 15) is 13.2 Å². The molecule has 0 fully saturated rings. The van der Waals surface area contributed by atoms with Crippen molar-refractivity contribution >= 4 is 21.8 Å². The van der Waals surface area contributed by atoms with Gasteiger partial charge in [0, 0.05) is 25.0 Å². The molecule has 0 aromatic carbocycles. The number of carboxylic acids is 1. The van der Waals surface area contributed by atoms with Gasteiger partial charge >= 0.3 is 5.97 Å². The number of aromatic nitrogens is 3. The Labute approximate surface area is 115 Å². The second kappa shape index (κ2) is 5.00. The van der Waals surface area contributed by atoms with E-state index < -0.39 is 16.0 Å². The van der Waals surface area contributed by atoms with Crippen molar-refractivity contribution in [1.29, 1.82) is 0 Å². The lowest BCUT2D eigenvalue weighted by Crippen LogP contribution is -2.12.